The van der Waals surface area contributed by atoms with E-state index in [1.807, 2.05) is 19.2 Å². The second kappa shape index (κ2) is 8.45. The smallest absolute Gasteiger partial charge is 0.231 e. The number of carbonyl (C=O) groups is 1. The zero-order valence-electron chi connectivity index (χ0n) is 16.0. The lowest BCUT2D eigenvalue weighted by molar-refractivity contribution is -0.115. The summed E-state index contributed by atoms with van der Waals surface area (Å²) in [7, 11) is 1.83. The lowest BCUT2D eigenvalue weighted by atomic mass is 9.98. The minimum atomic E-state index is -0.0611. The van der Waals surface area contributed by atoms with Gasteiger partial charge in [-0.05, 0) is 49.4 Å². The van der Waals surface area contributed by atoms with E-state index in [9.17, 15) is 4.79 Å². The highest BCUT2D eigenvalue weighted by Crippen LogP contribution is 2.23. The zero-order valence-corrected chi connectivity index (χ0v) is 16.0. The van der Waals surface area contributed by atoms with Crippen LogP contribution in [0.15, 0.2) is 24.3 Å². The van der Waals surface area contributed by atoms with Crippen molar-refractivity contribution in [2.45, 2.75) is 45.4 Å². The number of benzene rings is 1. The van der Waals surface area contributed by atoms with Gasteiger partial charge in [-0.2, -0.15) is 10.1 Å². The summed E-state index contributed by atoms with van der Waals surface area (Å²) in [6.07, 6.45) is 3.49. The molecule has 1 aliphatic heterocycles. The third-order valence-electron chi connectivity index (χ3n) is 4.77. The number of nitrogens with zero attached hydrogens (tertiary/aromatic N) is 3. The lowest BCUT2D eigenvalue weighted by Crippen LogP contribution is -2.27. The molecule has 0 spiro atoms. The second-order valence-electron chi connectivity index (χ2n) is 7.58. The Hall–Kier alpha value is -2.21. The standard InChI is InChI=1S/C20H29N5O/c1-14(2)12-15-4-6-16(7-5-15)13-18(26)22-20-23-19(24-25(20)3)17-8-10-21-11-9-17/h4-7,14,17,21H,8-13H2,1-3H3,(H,22,23,24,26). The number of hydrogen-bond acceptors (Lipinski definition) is 4. The maximum absolute atomic E-state index is 12.4. The molecule has 2 heterocycles. The molecule has 0 saturated carbocycles. The Kier molecular flexibility index (Phi) is 6.04. The van der Waals surface area contributed by atoms with Crippen LogP contribution in [0.25, 0.3) is 0 Å². The fourth-order valence-corrected chi connectivity index (χ4v) is 3.39. The maximum atomic E-state index is 12.4. The summed E-state index contributed by atoms with van der Waals surface area (Å²) in [5, 5.41) is 10.7. The molecular formula is C20H29N5O. The van der Waals surface area contributed by atoms with Crippen LogP contribution in [0, 0.1) is 5.92 Å². The predicted octanol–water partition coefficient (Wildman–Crippen LogP) is 2.66. The fraction of sp³-hybridized carbons (Fsp3) is 0.550. The molecule has 0 aliphatic carbocycles. The normalized spacial score (nSPS) is 15.4. The molecule has 1 amide bonds. The van der Waals surface area contributed by atoms with E-state index in [0.717, 1.165) is 43.7 Å². The van der Waals surface area contributed by atoms with Gasteiger partial charge in [0.2, 0.25) is 11.9 Å². The van der Waals surface area contributed by atoms with Crippen LogP contribution in [-0.2, 0) is 24.7 Å². The van der Waals surface area contributed by atoms with Crippen LogP contribution in [-0.4, -0.2) is 33.8 Å². The van der Waals surface area contributed by atoms with Gasteiger partial charge in [-0.3, -0.25) is 10.1 Å². The van der Waals surface area contributed by atoms with Crippen molar-refractivity contribution in [3.63, 3.8) is 0 Å². The number of aromatic nitrogens is 3. The van der Waals surface area contributed by atoms with Gasteiger partial charge in [0.25, 0.3) is 0 Å². The molecule has 1 aromatic heterocycles. The Morgan fingerprint density at radius 3 is 2.54 bits per heavy atom. The van der Waals surface area contributed by atoms with Crippen LogP contribution in [0.3, 0.4) is 0 Å². The van der Waals surface area contributed by atoms with Gasteiger partial charge in [-0.25, -0.2) is 4.68 Å². The Balaban J connectivity index is 1.58. The number of anilines is 1. The Morgan fingerprint density at radius 2 is 1.88 bits per heavy atom. The molecule has 0 atom stereocenters. The summed E-state index contributed by atoms with van der Waals surface area (Å²) in [5.74, 6) is 2.31. The molecule has 6 heteroatoms. The van der Waals surface area contributed by atoms with Gasteiger partial charge < -0.3 is 5.32 Å². The first-order valence-electron chi connectivity index (χ1n) is 9.50. The van der Waals surface area contributed by atoms with E-state index in [4.69, 9.17) is 0 Å². The quantitative estimate of drug-likeness (QED) is 0.836. The molecule has 2 N–H and O–H groups in total. The Bertz CT molecular complexity index is 729. The molecule has 3 rings (SSSR count). The van der Waals surface area contributed by atoms with E-state index in [0.29, 0.717) is 24.2 Å². The van der Waals surface area contributed by atoms with Crippen molar-refractivity contribution in [1.29, 1.82) is 0 Å². The first kappa shape index (κ1) is 18.6. The van der Waals surface area contributed by atoms with Gasteiger partial charge in [0.15, 0.2) is 5.82 Å². The monoisotopic (exact) mass is 355 g/mol. The van der Waals surface area contributed by atoms with Crippen LogP contribution >= 0.6 is 0 Å². The average Bonchev–Trinajstić information content (AvgIpc) is 2.97. The topological polar surface area (TPSA) is 71.8 Å². The third kappa shape index (κ3) is 4.91. The van der Waals surface area contributed by atoms with Gasteiger partial charge in [-0.15, -0.1) is 0 Å². The molecule has 1 aromatic carbocycles. The van der Waals surface area contributed by atoms with Crippen LogP contribution in [0.2, 0.25) is 0 Å². The molecule has 1 saturated heterocycles. The minimum absolute atomic E-state index is 0.0611. The molecule has 6 nitrogen and oxygen atoms in total. The summed E-state index contributed by atoms with van der Waals surface area (Å²) in [4.78, 5) is 16.9. The van der Waals surface area contributed by atoms with E-state index in [1.54, 1.807) is 4.68 Å². The van der Waals surface area contributed by atoms with Gasteiger partial charge in [0, 0.05) is 13.0 Å². The van der Waals surface area contributed by atoms with E-state index >= 15 is 0 Å². The molecule has 1 aliphatic rings. The van der Waals surface area contributed by atoms with E-state index in [2.05, 4.69) is 46.7 Å². The largest absolute Gasteiger partial charge is 0.317 e. The Labute approximate surface area is 155 Å². The van der Waals surface area contributed by atoms with Gasteiger partial charge in [0.05, 0.1) is 6.42 Å². The molecule has 0 bridgehead atoms. The zero-order chi connectivity index (χ0) is 18.5. The molecule has 1 fully saturated rings. The number of rotatable bonds is 6. The molecule has 0 unspecified atom stereocenters. The summed E-state index contributed by atoms with van der Waals surface area (Å²) < 4.78 is 1.67. The van der Waals surface area contributed by atoms with Crippen LogP contribution in [0.4, 0.5) is 5.95 Å². The highest BCUT2D eigenvalue weighted by molar-refractivity contribution is 5.90. The Morgan fingerprint density at radius 1 is 1.23 bits per heavy atom. The molecule has 2 aromatic rings. The van der Waals surface area contributed by atoms with Crippen molar-refractivity contribution in [3.05, 3.63) is 41.2 Å². The second-order valence-corrected chi connectivity index (χ2v) is 7.58. The molecule has 26 heavy (non-hydrogen) atoms. The summed E-state index contributed by atoms with van der Waals surface area (Å²) >= 11 is 0. The van der Waals surface area contributed by atoms with Crippen LogP contribution < -0.4 is 10.6 Å². The van der Waals surface area contributed by atoms with Gasteiger partial charge >= 0.3 is 0 Å². The highest BCUT2D eigenvalue weighted by atomic mass is 16.1. The molecular weight excluding hydrogens is 326 g/mol. The van der Waals surface area contributed by atoms with Gasteiger partial charge in [0.1, 0.15) is 0 Å². The van der Waals surface area contributed by atoms with Crippen LogP contribution in [0.5, 0.6) is 0 Å². The first-order chi connectivity index (χ1) is 12.5. The van der Waals surface area contributed by atoms with Crippen molar-refractivity contribution >= 4 is 11.9 Å². The number of hydrogen-bond donors (Lipinski definition) is 2. The number of aryl methyl sites for hydroxylation is 1. The molecule has 140 valence electrons. The number of amides is 1. The summed E-state index contributed by atoms with van der Waals surface area (Å²) in [6.45, 7) is 6.41. The summed E-state index contributed by atoms with van der Waals surface area (Å²) in [5.41, 5.74) is 2.32. The van der Waals surface area contributed by atoms with E-state index < -0.39 is 0 Å². The maximum Gasteiger partial charge on any atom is 0.231 e. The van der Waals surface area contributed by atoms with Crippen molar-refractivity contribution in [3.8, 4) is 0 Å². The van der Waals surface area contributed by atoms with Crippen molar-refractivity contribution in [2.75, 3.05) is 18.4 Å². The summed E-state index contributed by atoms with van der Waals surface area (Å²) in [6, 6.07) is 8.29. The highest BCUT2D eigenvalue weighted by Gasteiger charge is 2.21. The third-order valence-corrected chi connectivity index (χ3v) is 4.77. The number of nitrogens with one attached hydrogen (secondary N) is 2. The predicted molar refractivity (Wildman–Crippen MR) is 103 cm³/mol. The number of carbonyl (C=O) groups excluding carboxylic acids is 1. The lowest BCUT2D eigenvalue weighted by Gasteiger charge is -2.19. The van der Waals surface area contributed by atoms with Crippen molar-refractivity contribution in [2.24, 2.45) is 13.0 Å². The SMILES string of the molecule is CC(C)Cc1ccc(CC(=O)Nc2nc(C3CCNCC3)nn2C)cc1. The van der Waals surface area contributed by atoms with Crippen LogP contribution in [0.1, 0.15) is 49.6 Å². The van der Waals surface area contributed by atoms with Crippen molar-refractivity contribution < 1.29 is 4.79 Å². The molecule has 0 radical (unpaired) electrons. The first-order valence-corrected chi connectivity index (χ1v) is 9.50. The van der Waals surface area contributed by atoms with E-state index in [1.165, 1.54) is 5.56 Å². The number of piperidine rings is 1. The average molecular weight is 355 g/mol. The van der Waals surface area contributed by atoms with E-state index in [-0.39, 0.29) is 5.91 Å². The van der Waals surface area contributed by atoms with Gasteiger partial charge in [-0.1, -0.05) is 38.1 Å². The minimum Gasteiger partial charge on any atom is -0.317 e. The van der Waals surface area contributed by atoms with Crippen molar-refractivity contribution in [1.82, 2.24) is 20.1 Å². The fourth-order valence-electron chi connectivity index (χ4n) is 3.39.